The fourth-order valence-electron chi connectivity index (χ4n) is 2.42. The van der Waals surface area contributed by atoms with Gasteiger partial charge in [-0.25, -0.2) is 4.79 Å². The maximum Gasteiger partial charge on any atom is 0.409 e. The molecule has 1 aliphatic heterocycles. The number of hydrogen-bond acceptors (Lipinski definition) is 4. The Kier molecular flexibility index (Phi) is 5.22. The van der Waals surface area contributed by atoms with Gasteiger partial charge in [0.05, 0.1) is 6.61 Å². The molecule has 2 rings (SSSR count). The van der Waals surface area contributed by atoms with E-state index in [1.165, 1.54) is 4.88 Å². The highest BCUT2D eigenvalue weighted by Gasteiger charge is 2.24. The second-order valence-corrected chi connectivity index (χ2v) is 5.84. The third-order valence-electron chi connectivity index (χ3n) is 3.48. The van der Waals surface area contributed by atoms with E-state index in [0.29, 0.717) is 18.7 Å². The highest BCUT2D eigenvalue weighted by atomic mass is 32.1. The van der Waals surface area contributed by atoms with Gasteiger partial charge >= 0.3 is 6.09 Å². The van der Waals surface area contributed by atoms with Crippen molar-refractivity contribution < 1.29 is 9.53 Å². The predicted molar refractivity (Wildman–Crippen MR) is 77.5 cm³/mol. The highest BCUT2D eigenvalue weighted by Crippen LogP contribution is 2.21. The Morgan fingerprint density at radius 1 is 1.58 bits per heavy atom. The summed E-state index contributed by atoms with van der Waals surface area (Å²) in [5.41, 5.74) is 0. The summed E-state index contributed by atoms with van der Waals surface area (Å²) in [5, 5.41) is 5.75. The van der Waals surface area contributed by atoms with Gasteiger partial charge in [0, 0.05) is 30.1 Å². The summed E-state index contributed by atoms with van der Waals surface area (Å²) in [6, 6.07) is 5.12. The van der Waals surface area contributed by atoms with E-state index in [-0.39, 0.29) is 6.09 Å². The molecule has 1 aromatic rings. The summed E-state index contributed by atoms with van der Waals surface area (Å²) < 4.78 is 5.02. The number of nitrogens with zero attached hydrogens (tertiary/aromatic N) is 1. The van der Waals surface area contributed by atoms with Crippen molar-refractivity contribution in [1.82, 2.24) is 10.2 Å². The van der Waals surface area contributed by atoms with Crippen LogP contribution in [0.1, 0.15) is 37.6 Å². The zero-order chi connectivity index (χ0) is 13.7. The minimum absolute atomic E-state index is 0.174. The van der Waals surface area contributed by atoms with Crippen molar-refractivity contribution in [1.29, 1.82) is 0 Å². The predicted octanol–water partition coefficient (Wildman–Crippen LogP) is 3.02. The van der Waals surface area contributed by atoms with Gasteiger partial charge in [0.2, 0.25) is 0 Å². The van der Waals surface area contributed by atoms with Gasteiger partial charge in [-0.15, -0.1) is 11.3 Å². The van der Waals surface area contributed by atoms with Crippen molar-refractivity contribution in [2.75, 3.05) is 19.7 Å². The third-order valence-corrected chi connectivity index (χ3v) is 4.53. The molecule has 5 heteroatoms. The third kappa shape index (κ3) is 3.94. The van der Waals surface area contributed by atoms with Crippen molar-refractivity contribution >= 4 is 17.4 Å². The first-order chi connectivity index (χ1) is 9.20. The summed E-state index contributed by atoms with van der Waals surface area (Å²) in [6.07, 6.45) is 1.82. The molecular weight excluding hydrogens is 260 g/mol. The highest BCUT2D eigenvalue weighted by molar-refractivity contribution is 7.10. The van der Waals surface area contributed by atoms with Crippen LogP contribution in [0.2, 0.25) is 0 Å². The maximum atomic E-state index is 11.6. The van der Waals surface area contributed by atoms with Crippen LogP contribution in [0, 0.1) is 0 Å². The minimum Gasteiger partial charge on any atom is -0.450 e. The molecule has 0 bridgehead atoms. The number of piperidine rings is 1. The van der Waals surface area contributed by atoms with Crippen molar-refractivity contribution in [3.05, 3.63) is 22.4 Å². The van der Waals surface area contributed by atoms with Crippen LogP contribution in [-0.4, -0.2) is 36.7 Å². The van der Waals surface area contributed by atoms with Gasteiger partial charge in [-0.2, -0.15) is 0 Å². The summed E-state index contributed by atoms with van der Waals surface area (Å²) in [6.45, 7) is 6.06. The molecule has 1 atom stereocenters. The zero-order valence-corrected chi connectivity index (χ0v) is 12.4. The van der Waals surface area contributed by atoms with Crippen molar-refractivity contribution in [3.8, 4) is 0 Å². The van der Waals surface area contributed by atoms with Gasteiger partial charge in [0.15, 0.2) is 0 Å². The quantitative estimate of drug-likeness (QED) is 0.923. The van der Waals surface area contributed by atoms with E-state index < -0.39 is 0 Å². The number of hydrogen-bond donors (Lipinski definition) is 1. The molecule has 0 unspecified atom stereocenters. The number of amides is 1. The molecule has 1 aliphatic rings. The molecule has 1 saturated heterocycles. The van der Waals surface area contributed by atoms with E-state index >= 15 is 0 Å². The van der Waals surface area contributed by atoms with Crippen molar-refractivity contribution in [3.63, 3.8) is 0 Å². The van der Waals surface area contributed by atoms with Crippen molar-refractivity contribution in [2.45, 2.75) is 38.8 Å². The lowest BCUT2D eigenvalue weighted by atomic mass is 10.0. The number of ether oxygens (including phenoxy) is 1. The minimum atomic E-state index is -0.174. The zero-order valence-electron chi connectivity index (χ0n) is 11.6. The van der Waals surface area contributed by atoms with Gasteiger partial charge in [0.25, 0.3) is 0 Å². The molecule has 0 spiro atoms. The average molecular weight is 282 g/mol. The van der Waals surface area contributed by atoms with E-state index in [9.17, 15) is 4.79 Å². The molecule has 0 radical (unpaired) electrons. The largest absolute Gasteiger partial charge is 0.450 e. The Morgan fingerprint density at radius 2 is 2.32 bits per heavy atom. The lowest BCUT2D eigenvalue weighted by Gasteiger charge is -2.33. The Morgan fingerprint density at radius 3 is 2.89 bits per heavy atom. The Balaban J connectivity index is 1.76. The fraction of sp³-hybridized carbons (Fsp3) is 0.643. The van der Waals surface area contributed by atoms with Gasteiger partial charge in [-0.3, -0.25) is 0 Å². The number of thiophene rings is 1. The van der Waals surface area contributed by atoms with Crippen LogP contribution < -0.4 is 5.32 Å². The van der Waals surface area contributed by atoms with E-state index in [1.807, 2.05) is 6.92 Å². The van der Waals surface area contributed by atoms with Gasteiger partial charge in [-0.05, 0) is 38.1 Å². The monoisotopic (exact) mass is 282 g/mol. The molecule has 4 nitrogen and oxygen atoms in total. The molecule has 0 aromatic carbocycles. The standard InChI is InChI=1S/C14H22N2O2S/c1-3-18-14(17)16-8-6-12(7-9-16)15-11(2)13-5-4-10-19-13/h4-5,10-12,15H,3,6-9H2,1-2H3/t11-/m1/s1. The molecule has 19 heavy (non-hydrogen) atoms. The van der Waals surface area contributed by atoms with Gasteiger partial charge in [0.1, 0.15) is 0 Å². The lowest BCUT2D eigenvalue weighted by molar-refractivity contribution is 0.0944. The Labute approximate surface area is 118 Å². The molecular formula is C14H22N2O2S. The van der Waals surface area contributed by atoms with Crippen LogP contribution in [-0.2, 0) is 4.74 Å². The Hall–Kier alpha value is -1.07. The van der Waals surface area contributed by atoms with Crippen LogP contribution in [0.3, 0.4) is 0 Å². The molecule has 0 aliphatic carbocycles. The second kappa shape index (κ2) is 6.91. The van der Waals surface area contributed by atoms with E-state index in [4.69, 9.17) is 4.74 Å². The number of carbonyl (C=O) groups is 1. The first-order valence-electron chi connectivity index (χ1n) is 6.92. The van der Waals surface area contributed by atoms with Crippen LogP contribution >= 0.6 is 11.3 Å². The molecule has 1 fully saturated rings. The topological polar surface area (TPSA) is 41.6 Å². The first kappa shape index (κ1) is 14.3. The number of rotatable bonds is 4. The number of likely N-dealkylation sites (tertiary alicyclic amines) is 1. The number of nitrogens with one attached hydrogen (secondary N) is 1. The van der Waals surface area contributed by atoms with E-state index in [1.54, 1.807) is 16.2 Å². The Bertz CT molecular complexity index is 386. The smallest absolute Gasteiger partial charge is 0.409 e. The fourth-order valence-corrected chi connectivity index (χ4v) is 3.16. The summed E-state index contributed by atoms with van der Waals surface area (Å²) >= 11 is 1.78. The van der Waals surface area contributed by atoms with Gasteiger partial charge < -0.3 is 15.0 Å². The van der Waals surface area contributed by atoms with Crippen LogP contribution in [0.5, 0.6) is 0 Å². The summed E-state index contributed by atoms with van der Waals surface area (Å²) in [5.74, 6) is 0. The molecule has 1 N–H and O–H groups in total. The molecule has 1 amide bonds. The van der Waals surface area contributed by atoms with E-state index in [0.717, 1.165) is 25.9 Å². The van der Waals surface area contributed by atoms with Crippen LogP contribution in [0.4, 0.5) is 4.79 Å². The molecule has 1 aromatic heterocycles. The SMILES string of the molecule is CCOC(=O)N1CCC(N[C@H](C)c2cccs2)CC1. The van der Waals surface area contributed by atoms with Crippen LogP contribution in [0.25, 0.3) is 0 Å². The maximum absolute atomic E-state index is 11.6. The normalized spacial score (nSPS) is 18.3. The summed E-state index contributed by atoms with van der Waals surface area (Å²) in [4.78, 5) is 14.8. The number of carbonyl (C=O) groups excluding carboxylic acids is 1. The second-order valence-electron chi connectivity index (χ2n) is 4.86. The van der Waals surface area contributed by atoms with Crippen LogP contribution in [0.15, 0.2) is 17.5 Å². The lowest BCUT2D eigenvalue weighted by Crippen LogP contribution is -2.45. The van der Waals surface area contributed by atoms with E-state index in [2.05, 4.69) is 29.8 Å². The summed E-state index contributed by atoms with van der Waals surface area (Å²) in [7, 11) is 0. The first-order valence-corrected chi connectivity index (χ1v) is 7.79. The average Bonchev–Trinajstić information content (AvgIpc) is 2.94. The molecule has 0 saturated carbocycles. The van der Waals surface area contributed by atoms with Gasteiger partial charge in [-0.1, -0.05) is 6.07 Å². The van der Waals surface area contributed by atoms with Crippen molar-refractivity contribution in [2.24, 2.45) is 0 Å². The molecule has 106 valence electrons. The molecule has 2 heterocycles.